The molecule has 0 aliphatic heterocycles. The van der Waals surface area contributed by atoms with Crippen molar-refractivity contribution in [3.8, 4) is 0 Å². The Bertz CT molecular complexity index is 119. The molecule has 0 saturated heterocycles. The van der Waals surface area contributed by atoms with Crippen LogP contribution in [-0.4, -0.2) is 27.2 Å². The predicted octanol–water partition coefficient (Wildman–Crippen LogP) is 0.0493. The van der Waals surface area contributed by atoms with Gasteiger partial charge in [0.1, 0.15) is 0 Å². The second-order valence-electron chi connectivity index (χ2n) is 2.16. The van der Waals surface area contributed by atoms with Crippen LogP contribution in [0, 0.1) is 0 Å². The highest BCUT2D eigenvalue weighted by Gasteiger charge is 2.21. The van der Waals surface area contributed by atoms with E-state index in [2.05, 4.69) is 4.89 Å². The molecule has 1 unspecified atom stereocenters. The Labute approximate surface area is 57.8 Å². The number of hydrogen-bond donors (Lipinski definition) is 3. The maximum absolute atomic E-state index is 9.91. The summed E-state index contributed by atoms with van der Waals surface area (Å²) in [7, 11) is 0. The first-order valence-electron chi connectivity index (χ1n) is 2.75. The Balaban J connectivity index is 3.56. The third-order valence-electron chi connectivity index (χ3n) is 0.999. The fourth-order valence-electron chi connectivity index (χ4n) is 0.385. The first-order valence-corrected chi connectivity index (χ1v) is 2.75. The van der Waals surface area contributed by atoms with E-state index in [-0.39, 0.29) is 12.8 Å². The Morgan fingerprint density at radius 2 is 2.20 bits per heavy atom. The van der Waals surface area contributed by atoms with Crippen molar-refractivity contribution in [2.24, 2.45) is 0 Å². The van der Waals surface area contributed by atoms with E-state index >= 15 is 0 Å². The van der Waals surface area contributed by atoms with E-state index in [9.17, 15) is 4.79 Å². The summed E-state index contributed by atoms with van der Waals surface area (Å²) in [5, 5.41) is 24.9. The van der Waals surface area contributed by atoms with Crippen molar-refractivity contribution in [1.29, 1.82) is 0 Å². The first kappa shape index (κ1) is 9.35. The summed E-state index contributed by atoms with van der Waals surface area (Å²) in [6.45, 7) is 1.18. The number of rotatable bonds is 4. The number of aliphatic carboxylic acids is 1. The molecule has 10 heavy (non-hydrogen) atoms. The van der Waals surface area contributed by atoms with Crippen LogP contribution < -0.4 is 0 Å². The SMILES string of the molecule is CC(O)(CCC(=O)O)OO. The van der Waals surface area contributed by atoms with E-state index in [0.717, 1.165) is 0 Å². The average molecular weight is 150 g/mol. The summed E-state index contributed by atoms with van der Waals surface area (Å²) in [6, 6.07) is 0. The number of carbonyl (C=O) groups is 1. The van der Waals surface area contributed by atoms with Crippen molar-refractivity contribution >= 4 is 5.97 Å². The lowest BCUT2D eigenvalue weighted by Gasteiger charge is -2.16. The van der Waals surface area contributed by atoms with E-state index in [1.807, 2.05) is 0 Å². The highest BCUT2D eigenvalue weighted by Crippen LogP contribution is 2.11. The molecule has 0 aromatic carbocycles. The molecule has 0 fully saturated rings. The van der Waals surface area contributed by atoms with E-state index in [4.69, 9.17) is 15.5 Å². The Kier molecular flexibility index (Phi) is 3.27. The minimum Gasteiger partial charge on any atom is -0.481 e. The lowest BCUT2D eigenvalue weighted by molar-refractivity contribution is -0.386. The smallest absolute Gasteiger partial charge is 0.303 e. The van der Waals surface area contributed by atoms with Crippen molar-refractivity contribution in [3.63, 3.8) is 0 Å². The third kappa shape index (κ3) is 4.25. The van der Waals surface area contributed by atoms with Crippen LogP contribution in [0.2, 0.25) is 0 Å². The van der Waals surface area contributed by atoms with Crippen molar-refractivity contribution < 1.29 is 25.2 Å². The minimum atomic E-state index is -1.75. The monoisotopic (exact) mass is 150 g/mol. The molecule has 0 amide bonds. The zero-order valence-electron chi connectivity index (χ0n) is 5.57. The Morgan fingerprint density at radius 1 is 1.70 bits per heavy atom. The molecule has 0 aromatic heterocycles. The lowest BCUT2D eigenvalue weighted by Crippen LogP contribution is -2.27. The van der Waals surface area contributed by atoms with Crippen LogP contribution in [0.1, 0.15) is 19.8 Å². The van der Waals surface area contributed by atoms with Gasteiger partial charge in [-0.15, -0.1) is 0 Å². The largest absolute Gasteiger partial charge is 0.481 e. The van der Waals surface area contributed by atoms with Gasteiger partial charge in [-0.05, 0) is 6.92 Å². The fourth-order valence-corrected chi connectivity index (χ4v) is 0.385. The molecule has 0 radical (unpaired) electrons. The molecular formula is C5H10O5. The fraction of sp³-hybridized carbons (Fsp3) is 0.800. The van der Waals surface area contributed by atoms with Gasteiger partial charge in [0.15, 0.2) is 5.79 Å². The van der Waals surface area contributed by atoms with Gasteiger partial charge >= 0.3 is 5.97 Å². The van der Waals surface area contributed by atoms with Crippen LogP contribution >= 0.6 is 0 Å². The first-order chi connectivity index (χ1) is 4.48. The van der Waals surface area contributed by atoms with Crippen LogP contribution in [0.25, 0.3) is 0 Å². The highest BCUT2D eigenvalue weighted by atomic mass is 17.1. The quantitative estimate of drug-likeness (QED) is 0.299. The van der Waals surface area contributed by atoms with Gasteiger partial charge in [-0.2, -0.15) is 0 Å². The molecule has 0 rings (SSSR count). The summed E-state index contributed by atoms with van der Waals surface area (Å²) in [4.78, 5) is 13.5. The van der Waals surface area contributed by atoms with E-state index < -0.39 is 11.8 Å². The predicted molar refractivity (Wildman–Crippen MR) is 31.2 cm³/mol. The van der Waals surface area contributed by atoms with Crippen LogP contribution in [0.15, 0.2) is 0 Å². The summed E-state index contributed by atoms with van der Waals surface area (Å²) in [5.74, 6) is -2.80. The lowest BCUT2D eigenvalue weighted by atomic mass is 10.2. The average Bonchev–Trinajstić information content (AvgIpc) is 1.85. The second-order valence-corrected chi connectivity index (χ2v) is 2.16. The zero-order chi connectivity index (χ0) is 8.20. The second kappa shape index (κ2) is 3.50. The number of carboxylic acids is 1. The summed E-state index contributed by atoms with van der Waals surface area (Å²) >= 11 is 0. The Morgan fingerprint density at radius 3 is 2.50 bits per heavy atom. The summed E-state index contributed by atoms with van der Waals surface area (Å²) in [5.41, 5.74) is 0. The van der Waals surface area contributed by atoms with E-state index in [1.54, 1.807) is 0 Å². The molecule has 0 spiro atoms. The van der Waals surface area contributed by atoms with Crippen molar-refractivity contribution in [2.45, 2.75) is 25.6 Å². The molecule has 0 saturated carbocycles. The summed E-state index contributed by atoms with van der Waals surface area (Å²) in [6.07, 6.45) is -0.383. The van der Waals surface area contributed by atoms with Crippen LogP contribution in [-0.2, 0) is 9.68 Å². The van der Waals surface area contributed by atoms with Gasteiger partial charge in [-0.3, -0.25) is 4.79 Å². The van der Waals surface area contributed by atoms with Crippen LogP contribution in [0.4, 0.5) is 0 Å². The number of hydrogen-bond acceptors (Lipinski definition) is 4. The molecular weight excluding hydrogens is 140 g/mol. The van der Waals surface area contributed by atoms with E-state index in [1.165, 1.54) is 6.92 Å². The maximum Gasteiger partial charge on any atom is 0.303 e. The van der Waals surface area contributed by atoms with Gasteiger partial charge in [0.2, 0.25) is 0 Å². The van der Waals surface area contributed by atoms with Gasteiger partial charge in [0.25, 0.3) is 0 Å². The Hall–Kier alpha value is -0.650. The van der Waals surface area contributed by atoms with Crippen molar-refractivity contribution in [3.05, 3.63) is 0 Å². The van der Waals surface area contributed by atoms with Gasteiger partial charge in [-0.25, -0.2) is 10.1 Å². The number of carboxylic acid groups (broad SMARTS) is 1. The molecule has 5 nitrogen and oxygen atoms in total. The van der Waals surface area contributed by atoms with Crippen molar-refractivity contribution in [2.75, 3.05) is 0 Å². The van der Waals surface area contributed by atoms with Gasteiger partial charge in [-0.1, -0.05) is 0 Å². The van der Waals surface area contributed by atoms with Crippen LogP contribution in [0.3, 0.4) is 0 Å². The van der Waals surface area contributed by atoms with Gasteiger partial charge in [0, 0.05) is 6.42 Å². The van der Waals surface area contributed by atoms with Crippen molar-refractivity contribution in [1.82, 2.24) is 0 Å². The molecule has 0 bridgehead atoms. The molecule has 0 heterocycles. The molecule has 0 aliphatic rings. The molecule has 0 aliphatic carbocycles. The summed E-state index contributed by atoms with van der Waals surface area (Å²) < 4.78 is 0. The normalized spacial score (nSPS) is 16.3. The molecule has 1 atom stereocenters. The highest BCUT2D eigenvalue weighted by molar-refractivity contribution is 5.66. The topological polar surface area (TPSA) is 87.0 Å². The molecule has 3 N–H and O–H groups in total. The maximum atomic E-state index is 9.91. The molecule has 5 heteroatoms. The van der Waals surface area contributed by atoms with Gasteiger partial charge in [0.05, 0.1) is 6.42 Å². The number of aliphatic hydroxyl groups is 1. The van der Waals surface area contributed by atoms with Gasteiger partial charge < -0.3 is 10.2 Å². The molecule has 60 valence electrons. The molecule has 0 aromatic rings. The zero-order valence-corrected chi connectivity index (χ0v) is 5.57. The van der Waals surface area contributed by atoms with Crippen LogP contribution in [0.5, 0.6) is 0 Å². The minimum absolute atomic E-state index is 0.140. The third-order valence-corrected chi connectivity index (χ3v) is 0.999. The van der Waals surface area contributed by atoms with E-state index in [0.29, 0.717) is 0 Å². The standard InChI is InChI=1S/C5H10O5/c1-5(8,10-9)3-2-4(6)7/h8-9H,2-3H2,1H3,(H,6,7).